The van der Waals surface area contributed by atoms with Crippen molar-refractivity contribution in [2.75, 3.05) is 6.54 Å². The highest BCUT2D eigenvalue weighted by molar-refractivity contribution is 7.27. The van der Waals surface area contributed by atoms with E-state index < -0.39 is 0 Å². The van der Waals surface area contributed by atoms with E-state index in [1.54, 1.807) is 26.7 Å². The molecule has 3 aromatic heterocycles. The van der Waals surface area contributed by atoms with Gasteiger partial charge in [0.05, 0.1) is 16.0 Å². The maximum atomic E-state index is 14.4. The van der Waals surface area contributed by atoms with Gasteiger partial charge in [0, 0.05) is 30.9 Å². The van der Waals surface area contributed by atoms with Crippen molar-refractivity contribution < 1.29 is 9.59 Å². The molecule has 4 rings (SSSR count). The van der Waals surface area contributed by atoms with Crippen LogP contribution in [-0.2, 0) is 18.3 Å². The lowest BCUT2D eigenvalue weighted by molar-refractivity contribution is 0.0651. The number of amides is 2. The first-order valence-electron chi connectivity index (χ1n) is 27.4. The van der Waals surface area contributed by atoms with E-state index in [-0.39, 0.29) is 23.1 Å². The van der Waals surface area contributed by atoms with Gasteiger partial charge < -0.3 is 0 Å². The molecule has 2 amide bonds. The lowest BCUT2D eigenvalue weighted by Crippen LogP contribution is -2.31. The monoisotopic (exact) mass is 934 g/mol. The van der Waals surface area contributed by atoms with Crippen LogP contribution in [0.25, 0.3) is 19.5 Å². The third-order valence-corrected chi connectivity index (χ3v) is 18.8. The highest BCUT2D eigenvalue weighted by Gasteiger charge is 2.42. The van der Waals surface area contributed by atoms with Gasteiger partial charge in [0.25, 0.3) is 11.8 Å². The van der Waals surface area contributed by atoms with E-state index >= 15 is 0 Å². The smallest absolute Gasteiger partial charge is 0.263 e. The molecule has 0 fully saturated rings. The molecule has 362 valence electrons. The maximum Gasteiger partial charge on any atom is 0.263 e. The molecule has 1 aliphatic heterocycles. The Morgan fingerprint density at radius 3 is 1.31 bits per heavy atom. The number of unbranched alkanes of at least 4 members (excludes halogenated alkanes) is 27. The first kappa shape index (κ1) is 54.8. The normalized spacial score (nSPS) is 13.1. The number of rotatable bonds is 38. The summed E-state index contributed by atoms with van der Waals surface area (Å²) in [6, 6.07) is 5.05. The molecule has 64 heavy (non-hydrogen) atoms. The summed E-state index contributed by atoms with van der Waals surface area (Å²) in [5.41, 5.74) is 4.50. The van der Waals surface area contributed by atoms with Crippen molar-refractivity contribution in [1.29, 1.82) is 0 Å². The molecule has 0 radical (unpaired) electrons. The molecule has 0 spiro atoms. The Morgan fingerprint density at radius 1 is 0.469 bits per heavy atom. The molecule has 3 nitrogen and oxygen atoms in total. The summed E-state index contributed by atoms with van der Waals surface area (Å²) in [6.45, 7) is 19.0. The minimum atomic E-state index is -0.0502. The number of thiophene rings is 3. The van der Waals surface area contributed by atoms with E-state index in [2.05, 4.69) is 67.5 Å². The molecule has 3 aromatic rings. The van der Waals surface area contributed by atoms with E-state index in [1.165, 1.54) is 200 Å². The number of nitrogens with zero attached hydrogens (tertiary/aromatic N) is 1. The van der Waals surface area contributed by atoms with Gasteiger partial charge in [-0.3, -0.25) is 14.5 Å². The number of fused-ring (bicyclic) bond motifs is 1. The fraction of sp³-hybridized carbons (Fsp3) is 0.759. The molecule has 0 N–H and O–H groups in total. The highest BCUT2D eigenvalue weighted by atomic mass is 32.1. The molecule has 0 aromatic carbocycles. The number of aryl methyl sites for hydroxylation is 2. The third-order valence-electron chi connectivity index (χ3n) is 14.3. The fourth-order valence-corrected chi connectivity index (χ4v) is 13.9. The van der Waals surface area contributed by atoms with E-state index in [0.717, 1.165) is 41.9 Å². The van der Waals surface area contributed by atoms with Gasteiger partial charge in [-0.15, -0.1) is 34.0 Å². The molecule has 0 aliphatic carbocycles. The van der Waals surface area contributed by atoms with Gasteiger partial charge in [-0.2, -0.15) is 0 Å². The van der Waals surface area contributed by atoms with Crippen LogP contribution in [0.3, 0.4) is 0 Å². The SMILES string of the molecule is CCCCCCCCCCCCCCc1cc(-c2cc(CCCCCCCCCCCCCC)c(C(C)(C)CC)s2)sc1-c1sc(C(C)C)c2c1C(=O)N(CCCCCCCC)C2=O. The minimum Gasteiger partial charge on any atom is -0.274 e. The fourth-order valence-electron chi connectivity index (χ4n) is 9.76. The van der Waals surface area contributed by atoms with Gasteiger partial charge in [0.2, 0.25) is 0 Å². The average molecular weight is 935 g/mol. The Morgan fingerprint density at radius 2 is 0.859 bits per heavy atom. The van der Waals surface area contributed by atoms with Gasteiger partial charge in [-0.25, -0.2) is 0 Å². The van der Waals surface area contributed by atoms with E-state index in [1.807, 2.05) is 22.7 Å². The van der Waals surface area contributed by atoms with Crippen molar-refractivity contribution >= 4 is 45.8 Å². The number of imide groups is 1. The topological polar surface area (TPSA) is 37.4 Å². The quantitative estimate of drug-likeness (QED) is 0.0424. The van der Waals surface area contributed by atoms with Gasteiger partial charge in [-0.1, -0.05) is 229 Å². The molecule has 0 bridgehead atoms. The van der Waals surface area contributed by atoms with Gasteiger partial charge in [0.15, 0.2) is 0 Å². The summed E-state index contributed by atoms with van der Waals surface area (Å²) < 4.78 is 0. The zero-order chi connectivity index (χ0) is 46.2. The molecular weight excluding hydrogens is 839 g/mol. The summed E-state index contributed by atoms with van der Waals surface area (Å²) in [5.74, 6) is 0.0911. The molecule has 6 heteroatoms. The zero-order valence-electron chi connectivity index (χ0n) is 42.8. The number of carbonyl (C=O) groups excluding carboxylic acids is 2. The van der Waals surface area contributed by atoms with Crippen molar-refractivity contribution in [2.24, 2.45) is 0 Å². The minimum absolute atomic E-state index is 0.0498. The Balaban J connectivity index is 1.53. The van der Waals surface area contributed by atoms with Crippen LogP contribution in [0.1, 0.15) is 302 Å². The molecule has 4 heterocycles. The summed E-state index contributed by atoms with van der Waals surface area (Å²) in [7, 11) is 0. The van der Waals surface area contributed by atoms with Gasteiger partial charge >= 0.3 is 0 Å². The molecule has 0 saturated heterocycles. The average Bonchev–Trinajstić information content (AvgIpc) is 4.06. The first-order valence-corrected chi connectivity index (χ1v) is 29.8. The largest absolute Gasteiger partial charge is 0.274 e. The lowest BCUT2D eigenvalue weighted by atomic mass is 9.85. The maximum absolute atomic E-state index is 14.4. The van der Waals surface area contributed by atoms with E-state index in [4.69, 9.17) is 0 Å². The molecule has 0 saturated carbocycles. The van der Waals surface area contributed by atoms with Crippen LogP contribution >= 0.6 is 34.0 Å². The van der Waals surface area contributed by atoms with Crippen molar-refractivity contribution in [3.63, 3.8) is 0 Å². The third kappa shape index (κ3) is 17.1. The summed E-state index contributed by atoms with van der Waals surface area (Å²) in [5, 5.41) is 0. The second-order valence-corrected chi connectivity index (χ2v) is 23.8. The van der Waals surface area contributed by atoms with Crippen molar-refractivity contribution in [1.82, 2.24) is 4.90 Å². The van der Waals surface area contributed by atoms with Crippen molar-refractivity contribution in [3.8, 4) is 19.5 Å². The summed E-state index contributed by atoms with van der Waals surface area (Å²) in [4.78, 5) is 37.9. The Kier molecular flexibility index (Phi) is 26.2. The van der Waals surface area contributed by atoms with E-state index in [0.29, 0.717) is 17.7 Å². The number of hydrogen-bond donors (Lipinski definition) is 0. The van der Waals surface area contributed by atoms with E-state index in [9.17, 15) is 9.59 Å². The summed E-state index contributed by atoms with van der Waals surface area (Å²) in [6.07, 6.45) is 42.9. The molecule has 0 atom stereocenters. The van der Waals surface area contributed by atoms with Gasteiger partial charge in [-0.05, 0) is 73.1 Å². The second kappa shape index (κ2) is 30.6. The number of hydrogen-bond acceptors (Lipinski definition) is 5. The molecule has 0 unspecified atom stereocenters. The van der Waals surface area contributed by atoms with Crippen molar-refractivity contribution in [2.45, 2.75) is 279 Å². The van der Waals surface area contributed by atoms with Crippen LogP contribution in [0, 0.1) is 0 Å². The highest BCUT2D eigenvalue weighted by Crippen LogP contribution is 2.51. The predicted molar refractivity (Wildman–Crippen MR) is 287 cm³/mol. The Labute approximate surface area is 406 Å². The zero-order valence-corrected chi connectivity index (χ0v) is 45.2. The second-order valence-electron chi connectivity index (χ2n) is 20.7. The first-order chi connectivity index (χ1) is 31.1. The predicted octanol–water partition coefficient (Wildman–Crippen LogP) is 20.5. The van der Waals surface area contributed by atoms with Crippen molar-refractivity contribution in [3.05, 3.63) is 44.1 Å². The number of carbonyl (C=O) groups is 2. The van der Waals surface area contributed by atoms with Crippen LogP contribution in [-0.4, -0.2) is 23.3 Å². The lowest BCUT2D eigenvalue weighted by Gasteiger charge is -2.23. The van der Waals surface area contributed by atoms with Crippen LogP contribution in [0.2, 0.25) is 0 Å². The Hall–Kier alpha value is -1.76. The molecule has 1 aliphatic rings. The van der Waals surface area contributed by atoms with Crippen LogP contribution < -0.4 is 0 Å². The Bertz CT molecular complexity index is 1760. The molecular formula is C58H95NO2S3. The van der Waals surface area contributed by atoms with Gasteiger partial charge in [0.1, 0.15) is 0 Å². The van der Waals surface area contributed by atoms with Crippen LogP contribution in [0.5, 0.6) is 0 Å². The van der Waals surface area contributed by atoms with Crippen LogP contribution in [0.15, 0.2) is 12.1 Å². The standard InChI is InChI=1S/C58H95NO2S3/c1-9-13-16-19-22-24-26-28-30-32-34-37-40-46-43-48(49-44-47(55(63-49)58(7,8)12-4)41-38-35-33-31-29-27-25-23-20-17-14-10-2)62-53(46)54-51-50(52(64-54)45(5)6)56(60)59(57(51)61)42-39-36-21-18-15-11-3/h43-45H,9-42H2,1-8H3. The van der Waals surface area contributed by atoms with Crippen LogP contribution in [0.4, 0.5) is 0 Å². The summed E-state index contributed by atoms with van der Waals surface area (Å²) >= 11 is 5.67.